The van der Waals surface area contributed by atoms with E-state index in [1.54, 1.807) is 19.2 Å². The number of quaternary nitrogens is 1. The molecule has 2 rings (SSSR count). The van der Waals surface area contributed by atoms with E-state index in [0.717, 1.165) is 5.56 Å². The molecule has 0 radical (unpaired) electrons. The van der Waals surface area contributed by atoms with E-state index in [1.807, 2.05) is 6.92 Å². The molecular formula is C19H22F2N3O2+. The van der Waals surface area contributed by atoms with E-state index in [2.05, 4.69) is 10.6 Å². The van der Waals surface area contributed by atoms with Crippen molar-refractivity contribution in [1.82, 2.24) is 5.32 Å². The van der Waals surface area contributed by atoms with Crippen molar-refractivity contribution in [3.8, 4) is 0 Å². The van der Waals surface area contributed by atoms with Crippen molar-refractivity contribution in [2.75, 3.05) is 25.5 Å². The molecule has 7 heteroatoms. The topological polar surface area (TPSA) is 62.6 Å². The van der Waals surface area contributed by atoms with Gasteiger partial charge in [-0.25, -0.2) is 8.78 Å². The Hall–Kier alpha value is -2.80. The zero-order valence-electron chi connectivity index (χ0n) is 14.7. The van der Waals surface area contributed by atoms with Crippen LogP contribution < -0.4 is 15.5 Å². The molecule has 1 unspecified atom stereocenters. The second-order valence-electron chi connectivity index (χ2n) is 6.21. The van der Waals surface area contributed by atoms with Crippen molar-refractivity contribution in [2.45, 2.75) is 13.0 Å². The lowest BCUT2D eigenvalue weighted by Gasteiger charge is -2.17. The van der Waals surface area contributed by atoms with Gasteiger partial charge in [0, 0.05) is 5.69 Å². The first-order valence-electron chi connectivity index (χ1n) is 8.25. The molecule has 0 saturated heterocycles. The van der Waals surface area contributed by atoms with Crippen LogP contribution in [0.5, 0.6) is 0 Å². The van der Waals surface area contributed by atoms with Crippen LogP contribution >= 0.6 is 0 Å². The van der Waals surface area contributed by atoms with E-state index in [-0.39, 0.29) is 42.6 Å². The van der Waals surface area contributed by atoms with Crippen LogP contribution in [0.25, 0.3) is 0 Å². The van der Waals surface area contributed by atoms with E-state index in [1.165, 1.54) is 36.4 Å². The van der Waals surface area contributed by atoms with E-state index in [0.29, 0.717) is 10.6 Å². The third-order valence-electron chi connectivity index (χ3n) is 3.80. The molecule has 0 bridgehead atoms. The van der Waals surface area contributed by atoms with Gasteiger partial charge >= 0.3 is 0 Å². The Morgan fingerprint density at radius 1 is 0.923 bits per heavy atom. The smallest absolute Gasteiger partial charge is 0.279 e. The number of hydrogen-bond acceptors (Lipinski definition) is 2. The van der Waals surface area contributed by atoms with Gasteiger partial charge < -0.3 is 15.5 Å². The van der Waals surface area contributed by atoms with Gasteiger partial charge in [-0.15, -0.1) is 0 Å². The minimum atomic E-state index is -0.377. The summed E-state index contributed by atoms with van der Waals surface area (Å²) < 4.78 is 25.8. The Bertz CT molecular complexity index is 748. The number of amides is 2. The molecule has 138 valence electrons. The third-order valence-corrected chi connectivity index (χ3v) is 3.80. The summed E-state index contributed by atoms with van der Waals surface area (Å²) in [6.07, 6.45) is 0. The van der Waals surface area contributed by atoms with Gasteiger partial charge in [0.15, 0.2) is 13.1 Å². The average molecular weight is 362 g/mol. The van der Waals surface area contributed by atoms with E-state index < -0.39 is 0 Å². The van der Waals surface area contributed by atoms with Crippen LogP contribution in [0.1, 0.15) is 18.5 Å². The van der Waals surface area contributed by atoms with Gasteiger partial charge in [0.1, 0.15) is 11.6 Å². The standard InChI is InChI=1S/C19H21F2N3O2/c1-13(14-3-5-15(20)6-4-14)22-18(25)11-24(2)12-19(26)23-17-9-7-16(21)8-10-17/h3-10,13H,11-12H2,1-2H3,(H,22,25)(H,23,26)/p+1/t13-/m1/s1. The maximum atomic E-state index is 12.9. The number of benzene rings is 2. The van der Waals surface area contributed by atoms with E-state index in [4.69, 9.17) is 0 Å². The number of anilines is 1. The summed E-state index contributed by atoms with van der Waals surface area (Å²) in [4.78, 5) is 24.8. The molecule has 0 aliphatic rings. The monoisotopic (exact) mass is 362 g/mol. The SMILES string of the molecule is C[C@@H](NC(=O)C[NH+](C)CC(=O)Nc1ccc(F)cc1)c1ccc(F)cc1. The van der Waals surface area contributed by atoms with Crippen LogP contribution in [0.4, 0.5) is 14.5 Å². The summed E-state index contributed by atoms with van der Waals surface area (Å²) in [5.41, 5.74) is 1.30. The number of nitrogens with one attached hydrogen (secondary N) is 3. The van der Waals surface area contributed by atoms with Gasteiger partial charge in [0.05, 0.1) is 13.1 Å². The highest BCUT2D eigenvalue weighted by molar-refractivity contribution is 5.91. The Kier molecular flexibility index (Phi) is 6.80. The Balaban J connectivity index is 1.78. The number of likely N-dealkylation sites (N-methyl/N-ethyl adjacent to an activating group) is 1. The molecule has 0 fully saturated rings. The van der Waals surface area contributed by atoms with Crippen molar-refractivity contribution in [1.29, 1.82) is 0 Å². The second-order valence-corrected chi connectivity index (χ2v) is 6.21. The summed E-state index contributed by atoms with van der Waals surface area (Å²) in [7, 11) is 1.73. The van der Waals surface area contributed by atoms with Crippen LogP contribution in [0.3, 0.4) is 0 Å². The molecule has 2 amide bonds. The fraction of sp³-hybridized carbons (Fsp3) is 0.263. The van der Waals surface area contributed by atoms with Crippen LogP contribution in [0, 0.1) is 11.6 Å². The molecule has 0 heterocycles. The Morgan fingerprint density at radius 2 is 1.42 bits per heavy atom. The van der Waals surface area contributed by atoms with Crippen molar-refractivity contribution >= 4 is 17.5 Å². The molecule has 2 aromatic rings. The van der Waals surface area contributed by atoms with Gasteiger partial charge in [-0.2, -0.15) is 0 Å². The van der Waals surface area contributed by atoms with Gasteiger partial charge in [-0.1, -0.05) is 12.1 Å². The number of hydrogen-bond donors (Lipinski definition) is 3. The Morgan fingerprint density at radius 3 is 2.00 bits per heavy atom. The highest BCUT2D eigenvalue weighted by Crippen LogP contribution is 2.12. The lowest BCUT2D eigenvalue weighted by Crippen LogP contribution is -3.11. The minimum Gasteiger partial charge on any atom is -0.345 e. The molecule has 0 spiro atoms. The molecule has 2 atom stereocenters. The van der Waals surface area contributed by atoms with Crippen molar-refractivity contribution in [3.05, 3.63) is 65.7 Å². The van der Waals surface area contributed by atoms with Crippen LogP contribution in [-0.2, 0) is 9.59 Å². The number of halogens is 2. The Labute approximate surface area is 151 Å². The largest absolute Gasteiger partial charge is 0.345 e. The molecule has 3 N–H and O–H groups in total. The minimum absolute atomic E-state index is 0.0930. The quantitative estimate of drug-likeness (QED) is 0.695. The maximum Gasteiger partial charge on any atom is 0.279 e. The molecular weight excluding hydrogens is 340 g/mol. The van der Waals surface area contributed by atoms with Crippen molar-refractivity contribution < 1.29 is 23.3 Å². The van der Waals surface area contributed by atoms with Crippen LogP contribution in [0.15, 0.2) is 48.5 Å². The third kappa shape index (κ3) is 6.25. The van der Waals surface area contributed by atoms with Crippen molar-refractivity contribution in [3.63, 3.8) is 0 Å². The predicted octanol–water partition coefficient (Wildman–Crippen LogP) is 1.30. The molecule has 26 heavy (non-hydrogen) atoms. The van der Waals surface area contributed by atoms with Gasteiger partial charge in [-0.05, 0) is 48.9 Å². The summed E-state index contributed by atoms with van der Waals surface area (Å²) >= 11 is 0. The highest BCUT2D eigenvalue weighted by atomic mass is 19.1. The first-order valence-corrected chi connectivity index (χ1v) is 8.25. The zero-order valence-corrected chi connectivity index (χ0v) is 14.7. The summed E-state index contributed by atoms with van der Waals surface area (Å²) in [5, 5.41) is 5.47. The summed E-state index contributed by atoms with van der Waals surface area (Å²) in [6, 6.07) is 11.1. The predicted molar refractivity (Wildman–Crippen MR) is 94.6 cm³/mol. The van der Waals surface area contributed by atoms with Crippen molar-refractivity contribution in [2.24, 2.45) is 0 Å². The molecule has 0 aliphatic carbocycles. The molecule has 0 aromatic heterocycles. The number of carbonyl (C=O) groups is 2. The number of carbonyl (C=O) groups excluding carboxylic acids is 2. The zero-order chi connectivity index (χ0) is 19.1. The summed E-state index contributed by atoms with van der Waals surface area (Å²) in [5.74, 6) is -1.19. The second kappa shape index (κ2) is 9.05. The fourth-order valence-corrected chi connectivity index (χ4v) is 2.48. The molecule has 2 aromatic carbocycles. The average Bonchev–Trinajstić information content (AvgIpc) is 2.57. The maximum absolute atomic E-state index is 12.9. The lowest BCUT2D eigenvalue weighted by atomic mass is 10.1. The first kappa shape index (κ1) is 19.5. The van der Waals surface area contributed by atoms with Gasteiger partial charge in [0.25, 0.3) is 11.8 Å². The fourth-order valence-electron chi connectivity index (χ4n) is 2.48. The number of rotatable bonds is 7. The summed E-state index contributed by atoms with van der Waals surface area (Å²) in [6.45, 7) is 2.01. The van der Waals surface area contributed by atoms with Crippen LogP contribution in [-0.4, -0.2) is 32.0 Å². The molecule has 0 saturated carbocycles. The van der Waals surface area contributed by atoms with E-state index >= 15 is 0 Å². The van der Waals surface area contributed by atoms with Gasteiger partial charge in [-0.3, -0.25) is 9.59 Å². The van der Waals surface area contributed by atoms with E-state index in [9.17, 15) is 18.4 Å². The lowest BCUT2D eigenvalue weighted by molar-refractivity contribution is -0.862. The first-order chi connectivity index (χ1) is 12.3. The van der Waals surface area contributed by atoms with Crippen LogP contribution in [0.2, 0.25) is 0 Å². The molecule has 5 nitrogen and oxygen atoms in total. The molecule has 0 aliphatic heterocycles. The van der Waals surface area contributed by atoms with Gasteiger partial charge in [0.2, 0.25) is 0 Å². The normalized spacial score (nSPS) is 12.9. The highest BCUT2D eigenvalue weighted by Gasteiger charge is 2.16.